The Morgan fingerprint density at radius 1 is 1.10 bits per heavy atom. The number of halogens is 1. The number of esters is 1. The van der Waals surface area contributed by atoms with Crippen LogP contribution in [0.3, 0.4) is 0 Å². The second-order valence-corrected chi connectivity index (χ2v) is 7.23. The fraction of sp³-hybridized carbons (Fsp3) is 0.227. The van der Waals surface area contributed by atoms with Crippen LogP contribution in [0.4, 0.5) is 5.69 Å². The molecule has 1 aliphatic heterocycles. The first-order valence-electron chi connectivity index (χ1n) is 9.41. The van der Waals surface area contributed by atoms with Crippen LogP contribution >= 0.6 is 11.6 Å². The standard InChI is InChI=1S/C22H20ClN3O3/c1-15-19(21(23)26(24-15)18-6-3-2-4-7-18)14-29-22(28)16-9-11-17(12-10-16)25-13-5-8-20(25)27/h2-4,6-7,9-12H,5,8,13-14H2,1H3. The molecular weight excluding hydrogens is 390 g/mol. The summed E-state index contributed by atoms with van der Waals surface area (Å²) in [7, 11) is 0. The van der Waals surface area contributed by atoms with Gasteiger partial charge in [0, 0.05) is 24.2 Å². The zero-order valence-electron chi connectivity index (χ0n) is 16.0. The van der Waals surface area contributed by atoms with Crippen molar-refractivity contribution in [2.75, 3.05) is 11.4 Å². The van der Waals surface area contributed by atoms with Crippen LogP contribution in [0.2, 0.25) is 5.15 Å². The van der Waals surface area contributed by atoms with E-state index in [1.54, 1.807) is 33.8 Å². The van der Waals surface area contributed by atoms with Crippen molar-refractivity contribution in [2.24, 2.45) is 0 Å². The van der Waals surface area contributed by atoms with E-state index in [1.165, 1.54) is 0 Å². The molecule has 1 amide bonds. The van der Waals surface area contributed by atoms with Gasteiger partial charge in [-0.3, -0.25) is 4.79 Å². The lowest BCUT2D eigenvalue weighted by Crippen LogP contribution is -2.23. The summed E-state index contributed by atoms with van der Waals surface area (Å²) < 4.78 is 7.08. The summed E-state index contributed by atoms with van der Waals surface area (Å²) in [5, 5.41) is 4.87. The average Bonchev–Trinajstić information content (AvgIpc) is 3.30. The van der Waals surface area contributed by atoms with Crippen LogP contribution in [0.1, 0.15) is 34.5 Å². The van der Waals surface area contributed by atoms with Crippen LogP contribution in [0, 0.1) is 6.92 Å². The molecule has 4 rings (SSSR count). The predicted molar refractivity (Wildman–Crippen MR) is 110 cm³/mol. The molecule has 0 aliphatic carbocycles. The first-order valence-corrected chi connectivity index (χ1v) is 9.79. The van der Waals surface area contributed by atoms with Crippen molar-refractivity contribution in [1.82, 2.24) is 9.78 Å². The van der Waals surface area contributed by atoms with Gasteiger partial charge in [-0.15, -0.1) is 0 Å². The number of ether oxygens (including phenoxy) is 1. The number of rotatable bonds is 5. The largest absolute Gasteiger partial charge is 0.457 e. The van der Waals surface area contributed by atoms with Crippen LogP contribution in [-0.4, -0.2) is 28.2 Å². The number of hydrogen-bond donors (Lipinski definition) is 0. The van der Waals surface area contributed by atoms with Gasteiger partial charge in [0.1, 0.15) is 11.8 Å². The molecule has 6 nitrogen and oxygen atoms in total. The molecule has 0 unspecified atom stereocenters. The quantitative estimate of drug-likeness (QED) is 0.589. The van der Waals surface area contributed by atoms with Crippen molar-refractivity contribution in [1.29, 1.82) is 0 Å². The highest BCUT2D eigenvalue weighted by molar-refractivity contribution is 6.30. The number of nitrogens with zero attached hydrogens (tertiary/aromatic N) is 3. The monoisotopic (exact) mass is 409 g/mol. The van der Waals surface area contributed by atoms with E-state index in [2.05, 4.69) is 5.10 Å². The third-order valence-electron chi connectivity index (χ3n) is 4.96. The van der Waals surface area contributed by atoms with E-state index in [0.29, 0.717) is 34.9 Å². The Balaban J connectivity index is 1.45. The second kappa shape index (κ2) is 8.09. The van der Waals surface area contributed by atoms with E-state index in [1.807, 2.05) is 37.3 Å². The van der Waals surface area contributed by atoms with Crippen LogP contribution in [0.25, 0.3) is 5.69 Å². The molecule has 2 aromatic carbocycles. The first-order chi connectivity index (χ1) is 14.0. The van der Waals surface area contributed by atoms with Crippen molar-refractivity contribution in [3.63, 3.8) is 0 Å². The molecule has 1 fully saturated rings. The van der Waals surface area contributed by atoms with E-state index in [4.69, 9.17) is 16.3 Å². The minimum atomic E-state index is -0.452. The SMILES string of the molecule is Cc1nn(-c2ccccc2)c(Cl)c1COC(=O)c1ccc(N2CCCC2=O)cc1. The first kappa shape index (κ1) is 19.2. The molecule has 0 bridgehead atoms. The number of carbonyl (C=O) groups excluding carboxylic acids is 2. The van der Waals surface area contributed by atoms with Crippen molar-refractivity contribution >= 4 is 29.2 Å². The number of para-hydroxylation sites is 1. The van der Waals surface area contributed by atoms with Crippen LogP contribution in [0.5, 0.6) is 0 Å². The van der Waals surface area contributed by atoms with Crippen molar-refractivity contribution in [3.8, 4) is 5.69 Å². The Labute approximate surface area is 173 Å². The zero-order chi connectivity index (χ0) is 20.4. The minimum absolute atomic E-state index is 0.0305. The summed E-state index contributed by atoms with van der Waals surface area (Å²) in [6.07, 6.45) is 1.43. The Kier molecular flexibility index (Phi) is 5.36. The fourth-order valence-corrected chi connectivity index (χ4v) is 3.68. The van der Waals surface area contributed by atoms with Crippen LogP contribution in [-0.2, 0) is 16.1 Å². The Morgan fingerprint density at radius 3 is 2.48 bits per heavy atom. The summed E-state index contributed by atoms with van der Waals surface area (Å²) in [4.78, 5) is 26.0. The van der Waals surface area contributed by atoms with E-state index >= 15 is 0 Å². The Hall–Kier alpha value is -3.12. The molecule has 7 heteroatoms. The summed E-state index contributed by atoms with van der Waals surface area (Å²) in [6.45, 7) is 2.57. The molecule has 3 aromatic rings. The highest BCUT2D eigenvalue weighted by atomic mass is 35.5. The number of aromatic nitrogens is 2. The van der Waals surface area contributed by atoms with E-state index in [0.717, 1.165) is 17.8 Å². The average molecular weight is 410 g/mol. The van der Waals surface area contributed by atoms with Gasteiger partial charge in [-0.1, -0.05) is 29.8 Å². The number of amides is 1. The molecule has 2 heterocycles. The van der Waals surface area contributed by atoms with E-state index < -0.39 is 5.97 Å². The van der Waals surface area contributed by atoms with Crippen LogP contribution in [0.15, 0.2) is 54.6 Å². The lowest BCUT2D eigenvalue weighted by atomic mass is 10.2. The number of aryl methyl sites for hydroxylation is 1. The summed E-state index contributed by atoms with van der Waals surface area (Å²) >= 11 is 6.47. The number of carbonyl (C=O) groups is 2. The Bertz CT molecular complexity index is 1050. The number of benzene rings is 2. The van der Waals surface area contributed by atoms with Gasteiger partial charge in [0.25, 0.3) is 0 Å². The molecule has 0 spiro atoms. The Morgan fingerprint density at radius 2 is 1.83 bits per heavy atom. The summed E-state index contributed by atoms with van der Waals surface area (Å²) in [5.74, 6) is -0.340. The highest BCUT2D eigenvalue weighted by Gasteiger charge is 2.22. The third kappa shape index (κ3) is 3.89. The second-order valence-electron chi connectivity index (χ2n) is 6.87. The normalized spacial score (nSPS) is 13.7. The molecule has 0 radical (unpaired) electrons. The van der Waals surface area contributed by atoms with Crippen molar-refractivity contribution < 1.29 is 14.3 Å². The topological polar surface area (TPSA) is 64.4 Å². The predicted octanol–water partition coefficient (Wildman–Crippen LogP) is 4.32. The van der Waals surface area contributed by atoms with Gasteiger partial charge < -0.3 is 9.64 Å². The molecule has 0 atom stereocenters. The molecule has 0 saturated carbocycles. The highest BCUT2D eigenvalue weighted by Crippen LogP contribution is 2.25. The molecule has 1 saturated heterocycles. The lowest BCUT2D eigenvalue weighted by Gasteiger charge is -2.15. The molecule has 1 aliphatic rings. The molecule has 1 aromatic heterocycles. The minimum Gasteiger partial charge on any atom is -0.457 e. The number of hydrogen-bond acceptors (Lipinski definition) is 4. The van der Waals surface area contributed by atoms with Gasteiger partial charge in [-0.05, 0) is 49.7 Å². The van der Waals surface area contributed by atoms with Gasteiger partial charge in [0.15, 0.2) is 0 Å². The van der Waals surface area contributed by atoms with E-state index in [9.17, 15) is 9.59 Å². The van der Waals surface area contributed by atoms with Gasteiger partial charge in [0.2, 0.25) is 5.91 Å². The maximum Gasteiger partial charge on any atom is 0.338 e. The van der Waals surface area contributed by atoms with Gasteiger partial charge in [-0.2, -0.15) is 5.10 Å². The molecule has 29 heavy (non-hydrogen) atoms. The maximum absolute atomic E-state index is 12.4. The summed E-state index contributed by atoms with van der Waals surface area (Å²) in [6, 6.07) is 16.4. The van der Waals surface area contributed by atoms with Crippen molar-refractivity contribution in [2.45, 2.75) is 26.4 Å². The fourth-order valence-electron chi connectivity index (χ4n) is 3.36. The summed E-state index contributed by atoms with van der Waals surface area (Å²) in [5.41, 5.74) is 3.43. The van der Waals surface area contributed by atoms with Crippen molar-refractivity contribution in [3.05, 3.63) is 76.6 Å². The zero-order valence-corrected chi connectivity index (χ0v) is 16.7. The maximum atomic E-state index is 12.4. The van der Waals surface area contributed by atoms with Gasteiger partial charge >= 0.3 is 5.97 Å². The van der Waals surface area contributed by atoms with Gasteiger partial charge in [-0.25, -0.2) is 9.48 Å². The third-order valence-corrected chi connectivity index (χ3v) is 5.35. The molecular formula is C22H20ClN3O3. The van der Waals surface area contributed by atoms with Gasteiger partial charge in [0.05, 0.1) is 16.9 Å². The lowest BCUT2D eigenvalue weighted by molar-refractivity contribution is -0.117. The molecule has 148 valence electrons. The van der Waals surface area contributed by atoms with E-state index in [-0.39, 0.29) is 12.5 Å². The molecule has 0 N–H and O–H groups in total. The smallest absolute Gasteiger partial charge is 0.338 e. The van der Waals surface area contributed by atoms with Crippen LogP contribution < -0.4 is 4.90 Å². The number of anilines is 1.